The van der Waals surface area contributed by atoms with Gasteiger partial charge in [-0.1, -0.05) is 55.4 Å². The van der Waals surface area contributed by atoms with Crippen LogP contribution in [-0.4, -0.2) is 39.0 Å². The van der Waals surface area contributed by atoms with E-state index in [-0.39, 0.29) is 23.7 Å². The van der Waals surface area contributed by atoms with Gasteiger partial charge < -0.3 is 9.42 Å². The highest BCUT2D eigenvalue weighted by atomic mass is 16.5. The van der Waals surface area contributed by atoms with E-state index in [0.717, 1.165) is 24.0 Å². The third-order valence-corrected chi connectivity index (χ3v) is 5.87. The topological polar surface area (TPSA) is 72.1 Å². The van der Waals surface area contributed by atoms with E-state index in [2.05, 4.69) is 35.0 Å². The Kier molecular flexibility index (Phi) is 5.69. The SMILES string of the molecule is CCC(CC)C(=O)N1C[C@@H](c2cccnc2)[C@H](c2nc(-c3ccccc3)no2)C1. The van der Waals surface area contributed by atoms with E-state index in [1.807, 2.05) is 47.5 Å². The molecule has 0 N–H and O–H groups in total. The highest BCUT2D eigenvalue weighted by Crippen LogP contribution is 2.40. The first kappa shape index (κ1) is 19.3. The van der Waals surface area contributed by atoms with E-state index in [9.17, 15) is 4.79 Å². The van der Waals surface area contributed by atoms with Crippen LogP contribution in [0, 0.1) is 5.92 Å². The van der Waals surface area contributed by atoms with E-state index in [0.29, 0.717) is 24.8 Å². The van der Waals surface area contributed by atoms with E-state index >= 15 is 0 Å². The van der Waals surface area contributed by atoms with Crippen molar-refractivity contribution >= 4 is 5.91 Å². The fourth-order valence-corrected chi connectivity index (χ4v) is 4.15. The van der Waals surface area contributed by atoms with Gasteiger partial charge in [0.15, 0.2) is 0 Å². The molecular weight excluding hydrogens is 364 g/mol. The smallest absolute Gasteiger partial charge is 0.232 e. The van der Waals surface area contributed by atoms with Crippen molar-refractivity contribution in [3.05, 3.63) is 66.3 Å². The first-order valence-corrected chi connectivity index (χ1v) is 10.3. The second-order valence-corrected chi connectivity index (χ2v) is 7.58. The second kappa shape index (κ2) is 8.55. The van der Waals surface area contributed by atoms with Gasteiger partial charge in [-0.3, -0.25) is 9.78 Å². The number of carbonyl (C=O) groups excluding carboxylic acids is 1. The Labute approximate surface area is 171 Å². The number of amides is 1. The maximum Gasteiger partial charge on any atom is 0.232 e. The third kappa shape index (κ3) is 3.92. The van der Waals surface area contributed by atoms with Gasteiger partial charge in [0.25, 0.3) is 0 Å². The fourth-order valence-electron chi connectivity index (χ4n) is 4.15. The van der Waals surface area contributed by atoms with Gasteiger partial charge in [-0.2, -0.15) is 4.98 Å². The Balaban J connectivity index is 1.64. The molecule has 1 aliphatic rings. The van der Waals surface area contributed by atoms with E-state index < -0.39 is 0 Å². The summed E-state index contributed by atoms with van der Waals surface area (Å²) >= 11 is 0. The lowest BCUT2D eigenvalue weighted by molar-refractivity contribution is -0.134. The van der Waals surface area contributed by atoms with Gasteiger partial charge in [0.2, 0.25) is 17.6 Å². The maximum atomic E-state index is 13.0. The average Bonchev–Trinajstić information content (AvgIpc) is 3.43. The van der Waals surface area contributed by atoms with Crippen molar-refractivity contribution < 1.29 is 9.32 Å². The Morgan fingerprint density at radius 3 is 2.55 bits per heavy atom. The third-order valence-electron chi connectivity index (χ3n) is 5.87. The summed E-state index contributed by atoms with van der Waals surface area (Å²) in [6, 6.07) is 13.8. The molecule has 150 valence electrons. The molecule has 0 aliphatic carbocycles. The van der Waals surface area contributed by atoms with Crippen LogP contribution < -0.4 is 0 Å². The molecule has 0 bridgehead atoms. The average molecular weight is 390 g/mol. The van der Waals surface area contributed by atoms with Crippen molar-refractivity contribution in [2.75, 3.05) is 13.1 Å². The zero-order valence-electron chi connectivity index (χ0n) is 16.9. The summed E-state index contributed by atoms with van der Waals surface area (Å²) < 4.78 is 5.68. The van der Waals surface area contributed by atoms with E-state index in [1.165, 1.54) is 0 Å². The first-order chi connectivity index (χ1) is 14.2. The van der Waals surface area contributed by atoms with Gasteiger partial charge in [-0.05, 0) is 24.5 Å². The number of rotatable bonds is 6. The summed E-state index contributed by atoms with van der Waals surface area (Å²) in [5.74, 6) is 1.49. The standard InChI is InChI=1S/C23H26N4O2/c1-3-16(4-2)23(28)27-14-19(18-11-8-12-24-13-18)20(15-27)22-25-21(26-29-22)17-9-6-5-7-10-17/h5-13,16,19-20H,3-4,14-15H2,1-2H3/t19-,20+/m0/s1. The molecule has 4 rings (SSSR count). The summed E-state index contributed by atoms with van der Waals surface area (Å²) in [7, 11) is 0. The van der Waals surface area contributed by atoms with Crippen LogP contribution in [0.3, 0.4) is 0 Å². The largest absolute Gasteiger partial charge is 0.341 e. The molecule has 1 amide bonds. The molecule has 0 spiro atoms. The fraction of sp³-hybridized carbons (Fsp3) is 0.391. The first-order valence-electron chi connectivity index (χ1n) is 10.3. The Morgan fingerprint density at radius 1 is 1.10 bits per heavy atom. The molecule has 0 saturated carbocycles. The molecule has 2 atom stereocenters. The summed E-state index contributed by atoms with van der Waals surface area (Å²) in [5, 5.41) is 4.19. The molecule has 0 radical (unpaired) electrons. The van der Waals surface area contributed by atoms with E-state index in [4.69, 9.17) is 4.52 Å². The Bertz CT molecular complexity index is 938. The van der Waals surface area contributed by atoms with Crippen LogP contribution in [0.4, 0.5) is 0 Å². The molecule has 1 fully saturated rings. The van der Waals surface area contributed by atoms with Crippen LogP contribution in [-0.2, 0) is 4.79 Å². The van der Waals surface area contributed by atoms with Crippen molar-refractivity contribution in [2.24, 2.45) is 5.92 Å². The molecule has 6 heteroatoms. The molecule has 2 aromatic heterocycles. The Morgan fingerprint density at radius 2 is 1.86 bits per heavy atom. The quantitative estimate of drug-likeness (QED) is 0.628. The van der Waals surface area contributed by atoms with Crippen LogP contribution in [0.25, 0.3) is 11.4 Å². The van der Waals surface area contributed by atoms with Crippen molar-refractivity contribution in [2.45, 2.75) is 38.5 Å². The van der Waals surface area contributed by atoms with Crippen LogP contribution in [0.5, 0.6) is 0 Å². The molecule has 6 nitrogen and oxygen atoms in total. The second-order valence-electron chi connectivity index (χ2n) is 7.58. The van der Waals surface area contributed by atoms with Crippen LogP contribution in [0.2, 0.25) is 0 Å². The molecule has 29 heavy (non-hydrogen) atoms. The maximum absolute atomic E-state index is 13.0. The number of pyridine rings is 1. The normalized spacial score (nSPS) is 19.1. The molecule has 3 heterocycles. The van der Waals surface area contributed by atoms with Crippen LogP contribution in [0.15, 0.2) is 59.4 Å². The van der Waals surface area contributed by atoms with Gasteiger partial charge in [0, 0.05) is 42.9 Å². The van der Waals surface area contributed by atoms with Gasteiger partial charge in [-0.25, -0.2) is 0 Å². The number of hydrogen-bond acceptors (Lipinski definition) is 5. The summed E-state index contributed by atoms with van der Waals surface area (Å²) in [5.41, 5.74) is 2.01. The number of likely N-dealkylation sites (tertiary alicyclic amines) is 1. The van der Waals surface area contributed by atoms with Crippen molar-refractivity contribution in [1.82, 2.24) is 20.0 Å². The summed E-state index contributed by atoms with van der Waals surface area (Å²) in [6.45, 7) is 5.38. The van der Waals surface area contributed by atoms with Gasteiger partial charge in [-0.15, -0.1) is 0 Å². The minimum atomic E-state index is -0.0394. The highest BCUT2D eigenvalue weighted by Gasteiger charge is 2.41. The molecular formula is C23H26N4O2. The van der Waals surface area contributed by atoms with Crippen molar-refractivity contribution in [3.8, 4) is 11.4 Å². The summed E-state index contributed by atoms with van der Waals surface area (Å²) in [4.78, 5) is 24.0. The lowest BCUT2D eigenvalue weighted by Gasteiger charge is -2.21. The number of hydrogen-bond donors (Lipinski definition) is 0. The van der Waals surface area contributed by atoms with E-state index in [1.54, 1.807) is 6.20 Å². The predicted octanol–water partition coefficient (Wildman–Crippen LogP) is 4.28. The zero-order chi connectivity index (χ0) is 20.2. The zero-order valence-corrected chi connectivity index (χ0v) is 16.9. The number of nitrogens with zero attached hydrogens (tertiary/aromatic N) is 4. The Hall–Kier alpha value is -3.02. The van der Waals surface area contributed by atoms with Crippen molar-refractivity contribution in [1.29, 1.82) is 0 Å². The number of aromatic nitrogens is 3. The predicted molar refractivity (Wildman–Crippen MR) is 110 cm³/mol. The molecule has 0 unspecified atom stereocenters. The molecule has 1 aromatic carbocycles. The summed E-state index contributed by atoms with van der Waals surface area (Å²) in [6.07, 6.45) is 5.34. The highest BCUT2D eigenvalue weighted by molar-refractivity contribution is 5.79. The minimum absolute atomic E-state index is 0.0394. The number of benzene rings is 1. The lowest BCUT2D eigenvalue weighted by atomic mass is 9.90. The van der Waals surface area contributed by atoms with Crippen LogP contribution in [0.1, 0.15) is 50.0 Å². The minimum Gasteiger partial charge on any atom is -0.341 e. The van der Waals surface area contributed by atoms with Gasteiger partial charge >= 0.3 is 0 Å². The molecule has 1 saturated heterocycles. The number of carbonyl (C=O) groups is 1. The van der Waals surface area contributed by atoms with Crippen LogP contribution >= 0.6 is 0 Å². The van der Waals surface area contributed by atoms with Crippen molar-refractivity contribution in [3.63, 3.8) is 0 Å². The van der Waals surface area contributed by atoms with Gasteiger partial charge in [0.05, 0.1) is 5.92 Å². The monoisotopic (exact) mass is 390 g/mol. The molecule has 1 aliphatic heterocycles. The molecule has 3 aromatic rings. The van der Waals surface area contributed by atoms with Gasteiger partial charge in [0.1, 0.15) is 0 Å². The lowest BCUT2D eigenvalue weighted by Crippen LogP contribution is -2.34.